The fraction of sp³-hybridized carbons (Fsp3) is 1.00. The van der Waals surface area contributed by atoms with E-state index in [9.17, 15) is 0 Å². The van der Waals surface area contributed by atoms with Crippen LogP contribution in [0.4, 0.5) is 0 Å². The van der Waals surface area contributed by atoms with Gasteiger partial charge in [-0.15, -0.1) is 0 Å². The molecule has 0 spiro atoms. The molecule has 0 aromatic carbocycles. The molecule has 2 fully saturated rings. The van der Waals surface area contributed by atoms with Crippen molar-refractivity contribution in [3.63, 3.8) is 0 Å². The minimum atomic E-state index is 0.783. The lowest BCUT2D eigenvalue weighted by Crippen LogP contribution is -2.46. The second kappa shape index (κ2) is 7.64. The molecule has 2 nitrogen and oxygen atoms in total. The first-order valence-corrected chi connectivity index (χ1v) is 8.75. The maximum Gasteiger partial charge on any atom is 0.0108 e. The number of hydrogen-bond donors (Lipinski definition) is 1. The summed E-state index contributed by atoms with van der Waals surface area (Å²) >= 11 is 0. The summed E-state index contributed by atoms with van der Waals surface area (Å²) < 4.78 is 0. The molecule has 0 heterocycles. The van der Waals surface area contributed by atoms with Crippen LogP contribution in [0.15, 0.2) is 0 Å². The van der Waals surface area contributed by atoms with Gasteiger partial charge < -0.3 is 10.2 Å². The Bertz CT molecular complexity index is 250. The van der Waals surface area contributed by atoms with Crippen molar-refractivity contribution in [2.75, 3.05) is 19.6 Å². The van der Waals surface area contributed by atoms with Crippen LogP contribution in [-0.4, -0.2) is 36.6 Å². The predicted molar refractivity (Wildman–Crippen MR) is 83.5 cm³/mol. The van der Waals surface area contributed by atoms with Crippen LogP contribution in [0.3, 0.4) is 0 Å². The lowest BCUT2D eigenvalue weighted by Gasteiger charge is -2.39. The van der Waals surface area contributed by atoms with E-state index in [1.807, 2.05) is 0 Å². The summed E-state index contributed by atoms with van der Waals surface area (Å²) in [5.74, 6) is 1.88. The van der Waals surface area contributed by atoms with Crippen LogP contribution in [0.25, 0.3) is 0 Å². The first kappa shape index (κ1) is 15.3. The third-order valence-corrected chi connectivity index (χ3v) is 5.18. The minimum absolute atomic E-state index is 0.783. The van der Waals surface area contributed by atoms with Crippen LogP contribution >= 0.6 is 0 Å². The highest BCUT2D eigenvalue weighted by molar-refractivity contribution is 4.90. The highest BCUT2D eigenvalue weighted by Crippen LogP contribution is 2.34. The van der Waals surface area contributed by atoms with Gasteiger partial charge in [0, 0.05) is 18.6 Å². The highest BCUT2D eigenvalue weighted by atomic mass is 15.2. The Morgan fingerprint density at radius 3 is 2.42 bits per heavy atom. The van der Waals surface area contributed by atoms with Crippen molar-refractivity contribution in [3.05, 3.63) is 0 Å². The first-order valence-electron chi connectivity index (χ1n) is 8.75. The third kappa shape index (κ3) is 4.46. The molecule has 0 bridgehead atoms. The standard InChI is InChI=1S/C17H34N2/c1-4-11-19(16-8-9-16)13-15-12-14(5-2)7-10-17(15)18-6-3/h14-18H,4-13H2,1-3H3. The fourth-order valence-corrected chi connectivity index (χ4v) is 3.92. The average molecular weight is 266 g/mol. The summed E-state index contributed by atoms with van der Waals surface area (Å²) in [6, 6.07) is 1.72. The van der Waals surface area contributed by atoms with Crippen molar-refractivity contribution in [3.8, 4) is 0 Å². The van der Waals surface area contributed by atoms with Gasteiger partial charge in [0.25, 0.3) is 0 Å². The van der Waals surface area contributed by atoms with Crippen LogP contribution < -0.4 is 5.32 Å². The van der Waals surface area contributed by atoms with Gasteiger partial charge in [-0.3, -0.25) is 0 Å². The maximum atomic E-state index is 3.76. The SMILES string of the molecule is CCCN(CC1CC(CC)CCC1NCC)C1CC1. The van der Waals surface area contributed by atoms with E-state index in [-0.39, 0.29) is 0 Å². The van der Waals surface area contributed by atoms with Crippen LogP contribution in [0.2, 0.25) is 0 Å². The van der Waals surface area contributed by atoms with Gasteiger partial charge in [0.1, 0.15) is 0 Å². The summed E-state index contributed by atoms with van der Waals surface area (Å²) in [5.41, 5.74) is 0. The molecule has 0 amide bonds. The molecule has 2 aliphatic carbocycles. The Balaban J connectivity index is 1.91. The van der Waals surface area contributed by atoms with Gasteiger partial charge in [0.05, 0.1) is 0 Å². The molecular weight excluding hydrogens is 232 g/mol. The molecule has 3 unspecified atom stereocenters. The summed E-state index contributed by atoms with van der Waals surface area (Å²) in [6.45, 7) is 10.8. The average Bonchev–Trinajstić information content (AvgIpc) is 3.24. The Morgan fingerprint density at radius 1 is 1.05 bits per heavy atom. The molecule has 2 aliphatic rings. The second-order valence-corrected chi connectivity index (χ2v) is 6.74. The van der Waals surface area contributed by atoms with Gasteiger partial charge in [-0.05, 0) is 63.5 Å². The molecule has 0 aromatic rings. The zero-order chi connectivity index (χ0) is 13.7. The van der Waals surface area contributed by atoms with Crippen LogP contribution in [0.5, 0.6) is 0 Å². The molecule has 3 atom stereocenters. The van der Waals surface area contributed by atoms with E-state index in [0.717, 1.165) is 30.5 Å². The zero-order valence-corrected chi connectivity index (χ0v) is 13.3. The summed E-state index contributed by atoms with van der Waals surface area (Å²) in [4.78, 5) is 2.80. The highest BCUT2D eigenvalue weighted by Gasteiger charge is 2.34. The van der Waals surface area contributed by atoms with E-state index >= 15 is 0 Å². The summed E-state index contributed by atoms with van der Waals surface area (Å²) in [7, 11) is 0. The Morgan fingerprint density at radius 2 is 1.84 bits per heavy atom. The van der Waals surface area contributed by atoms with Crippen molar-refractivity contribution in [1.82, 2.24) is 10.2 Å². The molecule has 112 valence electrons. The molecule has 2 rings (SSSR count). The van der Waals surface area contributed by atoms with Crippen LogP contribution in [0, 0.1) is 11.8 Å². The lowest BCUT2D eigenvalue weighted by atomic mass is 9.76. The Labute approximate surface area is 120 Å². The van der Waals surface area contributed by atoms with Crippen molar-refractivity contribution >= 4 is 0 Å². The van der Waals surface area contributed by atoms with E-state index in [1.165, 1.54) is 58.0 Å². The molecule has 2 heteroatoms. The molecule has 0 aliphatic heterocycles. The van der Waals surface area contributed by atoms with Crippen molar-refractivity contribution < 1.29 is 0 Å². The third-order valence-electron chi connectivity index (χ3n) is 5.18. The second-order valence-electron chi connectivity index (χ2n) is 6.74. The monoisotopic (exact) mass is 266 g/mol. The number of nitrogens with one attached hydrogen (secondary N) is 1. The molecule has 19 heavy (non-hydrogen) atoms. The van der Waals surface area contributed by atoms with Crippen LogP contribution in [0.1, 0.15) is 65.7 Å². The van der Waals surface area contributed by atoms with Gasteiger partial charge in [-0.2, -0.15) is 0 Å². The van der Waals surface area contributed by atoms with Gasteiger partial charge >= 0.3 is 0 Å². The normalized spacial score (nSPS) is 31.9. The molecule has 2 saturated carbocycles. The van der Waals surface area contributed by atoms with Crippen LogP contribution in [-0.2, 0) is 0 Å². The Kier molecular flexibility index (Phi) is 6.15. The first-order chi connectivity index (χ1) is 9.28. The van der Waals surface area contributed by atoms with Gasteiger partial charge in [0.2, 0.25) is 0 Å². The molecular formula is C17H34N2. The maximum absolute atomic E-state index is 3.76. The van der Waals surface area contributed by atoms with Gasteiger partial charge in [-0.1, -0.05) is 27.2 Å². The van der Waals surface area contributed by atoms with Gasteiger partial charge in [0.15, 0.2) is 0 Å². The van der Waals surface area contributed by atoms with E-state index in [0.29, 0.717) is 0 Å². The minimum Gasteiger partial charge on any atom is -0.314 e. The predicted octanol–water partition coefficient (Wildman–Crippen LogP) is 3.67. The summed E-state index contributed by atoms with van der Waals surface area (Å²) in [5, 5.41) is 3.76. The zero-order valence-electron chi connectivity index (χ0n) is 13.3. The Hall–Kier alpha value is -0.0800. The topological polar surface area (TPSA) is 15.3 Å². The van der Waals surface area contributed by atoms with E-state index in [1.54, 1.807) is 0 Å². The number of rotatable bonds is 8. The fourth-order valence-electron chi connectivity index (χ4n) is 3.92. The van der Waals surface area contributed by atoms with E-state index < -0.39 is 0 Å². The van der Waals surface area contributed by atoms with Gasteiger partial charge in [-0.25, -0.2) is 0 Å². The van der Waals surface area contributed by atoms with E-state index in [2.05, 4.69) is 31.0 Å². The molecule has 0 saturated heterocycles. The molecule has 1 N–H and O–H groups in total. The lowest BCUT2D eigenvalue weighted by molar-refractivity contribution is 0.134. The van der Waals surface area contributed by atoms with Crippen molar-refractivity contribution in [1.29, 1.82) is 0 Å². The van der Waals surface area contributed by atoms with Crippen molar-refractivity contribution in [2.45, 2.75) is 77.8 Å². The van der Waals surface area contributed by atoms with Crippen molar-refractivity contribution in [2.24, 2.45) is 11.8 Å². The van der Waals surface area contributed by atoms with E-state index in [4.69, 9.17) is 0 Å². The molecule has 0 radical (unpaired) electrons. The quantitative estimate of drug-likeness (QED) is 0.721. The molecule has 0 aromatic heterocycles. The smallest absolute Gasteiger partial charge is 0.0108 e. The number of hydrogen-bond acceptors (Lipinski definition) is 2. The largest absolute Gasteiger partial charge is 0.314 e. The number of nitrogens with zero attached hydrogens (tertiary/aromatic N) is 1. The summed E-state index contributed by atoms with van der Waals surface area (Å²) in [6.07, 6.45) is 9.91.